The average Bonchev–Trinajstić information content (AvgIpc) is 2.36. The fraction of sp³-hybridized carbons (Fsp3) is 0.429. The van der Waals surface area contributed by atoms with Gasteiger partial charge in [0.1, 0.15) is 18.0 Å². The molecule has 1 aromatic carbocycles. The normalized spacial score (nSPS) is 12.4. The Bertz CT molecular complexity index is 557. The summed E-state index contributed by atoms with van der Waals surface area (Å²) in [6, 6.07) is 1.37. The summed E-state index contributed by atoms with van der Waals surface area (Å²) in [6.07, 6.45) is -0.922. The summed E-state index contributed by atoms with van der Waals surface area (Å²) in [5.74, 6) is -3.58. The molecule has 1 unspecified atom stereocenters. The zero-order chi connectivity index (χ0) is 16.9. The Hall–Kier alpha value is -2.38. The van der Waals surface area contributed by atoms with Crippen LogP contribution in [0.1, 0.15) is 20.8 Å². The van der Waals surface area contributed by atoms with Crippen molar-refractivity contribution in [3.63, 3.8) is 0 Å². The molecule has 122 valence electrons. The van der Waals surface area contributed by atoms with E-state index >= 15 is 0 Å². The third kappa shape index (κ3) is 5.94. The quantitative estimate of drug-likeness (QED) is 0.870. The van der Waals surface area contributed by atoms with E-state index in [1.54, 1.807) is 20.8 Å². The van der Waals surface area contributed by atoms with E-state index in [9.17, 15) is 18.4 Å². The number of nitrogens with one attached hydrogen (secondary N) is 1. The van der Waals surface area contributed by atoms with Crippen molar-refractivity contribution in [2.24, 2.45) is 0 Å². The molecule has 0 aliphatic heterocycles. The summed E-state index contributed by atoms with van der Waals surface area (Å²) in [5, 5.41) is 11.1. The van der Waals surface area contributed by atoms with Crippen molar-refractivity contribution in [2.45, 2.75) is 32.4 Å². The SMILES string of the molecule is CC(C)(C)OC(=O)NC(COc1ccc(F)c(F)c1)C(=O)O. The van der Waals surface area contributed by atoms with Gasteiger partial charge in [-0.25, -0.2) is 18.4 Å². The molecule has 0 saturated heterocycles. The molecule has 1 amide bonds. The van der Waals surface area contributed by atoms with Crippen LogP contribution in [0, 0.1) is 11.6 Å². The summed E-state index contributed by atoms with van der Waals surface area (Å²) in [5.41, 5.74) is -0.784. The van der Waals surface area contributed by atoms with E-state index in [1.165, 1.54) is 0 Å². The Morgan fingerprint density at radius 2 is 1.91 bits per heavy atom. The predicted octanol–water partition coefficient (Wildman–Crippen LogP) is 2.32. The summed E-state index contributed by atoms with van der Waals surface area (Å²) < 4.78 is 35.7. The minimum atomic E-state index is -1.40. The highest BCUT2D eigenvalue weighted by Crippen LogP contribution is 2.15. The van der Waals surface area contributed by atoms with Gasteiger partial charge in [-0.2, -0.15) is 0 Å². The van der Waals surface area contributed by atoms with Gasteiger partial charge in [0.15, 0.2) is 17.7 Å². The van der Waals surface area contributed by atoms with Crippen molar-refractivity contribution in [1.82, 2.24) is 5.32 Å². The fourth-order valence-electron chi connectivity index (χ4n) is 1.37. The summed E-state index contributed by atoms with van der Waals surface area (Å²) in [4.78, 5) is 22.6. The first-order valence-corrected chi connectivity index (χ1v) is 6.38. The highest BCUT2D eigenvalue weighted by Gasteiger charge is 2.24. The predicted molar refractivity (Wildman–Crippen MR) is 72.6 cm³/mol. The highest BCUT2D eigenvalue weighted by atomic mass is 19.2. The molecule has 1 rings (SSSR count). The summed E-state index contributed by atoms with van der Waals surface area (Å²) in [6.45, 7) is 4.40. The number of alkyl carbamates (subject to hydrolysis) is 1. The monoisotopic (exact) mass is 317 g/mol. The van der Waals surface area contributed by atoms with Crippen molar-refractivity contribution < 1.29 is 33.0 Å². The van der Waals surface area contributed by atoms with Gasteiger partial charge in [0.2, 0.25) is 0 Å². The van der Waals surface area contributed by atoms with Crippen LogP contribution in [0.3, 0.4) is 0 Å². The number of ether oxygens (including phenoxy) is 2. The summed E-state index contributed by atoms with van der Waals surface area (Å²) in [7, 11) is 0. The lowest BCUT2D eigenvalue weighted by Gasteiger charge is -2.22. The van der Waals surface area contributed by atoms with Gasteiger partial charge >= 0.3 is 12.1 Å². The number of halogens is 2. The van der Waals surface area contributed by atoms with Crippen LogP contribution in [0.25, 0.3) is 0 Å². The van der Waals surface area contributed by atoms with Crippen LogP contribution in [0.15, 0.2) is 18.2 Å². The number of hydrogen-bond acceptors (Lipinski definition) is 4. The third-order valence-electron chi connectivity index (χ3n) is 2.30. The van der Waals surface area contributed by atoms with E-state index in [0.717, 1.165) is 18.2 Å². The largest absolute Gasteiger partial charge is 0.491 e. The molecule has 0 saturated carbocycles. The first kappa shape index (κ1) is 17.7. The van der Waals surface area contributed by atoms with Gasteiger partial charge in [-0.1, -0.05) is 0 Å². The van der Waals surface area contributed by atoms with E-state index in [2.05, 4.69) is 5.32 Å². The van der Waals surface area contributed by atoms with Gasteiger partial charge in [-0.15, -0.1) is 0 Å². The van der Waals surface area contributed by atoms with Crippen LogP contribution >= 0.6 is 0 Å². The molecule has 1 aromatic rings. The van der Waals surface area contributed by atoms with Crippen LogP contribution in [-0.2, 0) is 9.53 Å². The lowest BCUT2D eigenvalue weighted by Crippen LogP contribution is -2.46. The van der Waals surface area contributed by atoms with Gasteiger partial charge in [0, 0.05) is 6.07 Å². The third-order valence-corrected chi connectivity index (χ3v) is 2.30. The number of aliphatic carboxylic acids is 1. The smallest absolute Gasteiger partial charge is 0.408 e. The molecule has 2 N–H and O–H groups in total. The highest BCUT2D eigenvalue weighted by molar-refractivity contribution is 5.80. The van der Waals surface area contributed by atoms with Gasteiger partial charge in [-0.05, 0) is 32.9 Å². The van der Waals surface area contributed by atoms with Crippen molar-refractivity contribution in [1.29, 1.82) is 0 Å². The van der Waals surface area contributed by atoms with E-state index < -0.39 is 41.9 Å². The maximum atomic E-state index is 13.0. The van der Waals surface area contributed by atoms with Gasteiger partial charge in [0.05, 0.1) is 0 Å². The number of carbonyl (C=O) groups excluding carboxylic acids is 1. The molecule has 0 bridgehead atoms. The van der Waals surface area contributed by atoms with Crippen LogP contribution in [0.4, 0.5) is 13.6 Å². The minimum absolute atomic E-state index is 0.0591. The Kier molecular flexibility index (Phi) is 5.67. The van der Waals surface area contributed by atoms with E-state index in [4.69, 9.17) is 14.6 Å². The Labute approximate surface area is 126 Å². The number of carboxylic acid groups (broad SMARTS) is 1. The molecule has 0 fully saturated rings. The molecular weight excluding hydrogens is 300 g/mol. The molecule has 1 atom stereocenters. The maximum Gasteiger partial charge on any atom is 0.408 e. The molecule has 6 nitrogen and oxygen atoms in total. The summed E-state index contributed by atoms with van der Waals surface area (Å²) >= 11 is 0. The topological polar surface area (TPSA) is 84.9 Å². The van der Waals surface area contributed by atoms with Gasteiger partial charge in [0.25, 0.3) is 0 Å². The van der Waals surface area contributed by atoms with Crippen LogP contribution in [-0.4, -0.2) is 35.4 Å². The molecule has 0 aliphatic carbocycles. The molecule has 22 heavy (non-hydrogen) atoms. The Morgan fingerprint density at radius 1 is 1.27 bits per heavy atom. The number of carbonyl (C=O) groups is 2. The standard InChI is InChI=1S/C14H17F2NO5/c1-14(2,3)22-13(20)17-11(12(18)19)7-21-8-4-5-9(15)10(16)6-8/h4-6,11H,7H2,1-3H3,(H,17,20)(H,18,19). The van der Waals surface area contributed by atoms with Gasteiger partial charge < -0.3 is 19.9 Å². The second-order valence-corrected chi connectivity index (χ2v) is 5.42. The van der Waals surface area contributed by atoms with Crippen LogP contribution in [0.2, 0.25) is 0 Å². The second kappa shape index (κ2) is 7.06. The van der Waals surface area contributed by atoms with Crippen molar-refractivity contribution in [3.05, 3.63) is 29.8 Å². The molecule has 0 spiro atoms. The molecule has 0 aromatic heterocycles. The number of rotatable bonds is 5. The second-order valence-electron chi connectivity index (χ2n) is 5.42. The molecular formula is C14H17F2NO5. The lowest BCUT2D eigenvalue weighted by atomic mass is 10.2. The fourth-order valence-corrected chi connectivity index (χ4v) is 1.37. The molecule has 8 heteroatoms. The molecule has 0 heterocycles. The number of amides is 1. The number of benzene rings is 1. The van der Waals surface area contributed by atoms with Crippen molar-refractivity contribution >= 4 is 12.1 Å². The average molecular weight is 317 g/mol. The first-order valence-electron chi connectivity index (χ1n) is 6.38. The van der Waals surface area contributed by atoms with E-state index in [0.29, 0.717) is 0 Å². The lowest BCUT2D eigenvalue weighted by molar-refractivity contribution is -0.140. The minimum Gasteiger partial charge on any atom is -0.491 e. The van der Waals surface area contributed by atoms with Crippen LogP contribution < -0.4 is 10.1 Å². The maximum absolute atomic E-state index is 13.0. The van der Waals surface area contributed by atoms with E-state index in [-0.39, 0.29) is 5.75 Å². The molecule has 0 aliphatic rings. The zero-order valence-electron chi connectivity index (χ0n) is 12.4. The first-order chi connectivity index (χ1) is 10.1. The zero-order valence-corrected chi connectivity index (χ0v) is 12.4. The van der Waals surface area contributed by atoms with E-state index in [1.807, 2.05) is 0 Å². The Morgan fingerprint density at radius 3 is 2.41 bits per heavy atom. The van der Waals surface area contributed by atoms with Crippen molar-refractivity contribution in [2.75, 3.05) is 6.61 Å². The Balaban J connectivity index is 2.63. The number of hydrogen-bond donors (Lipinski definition) is 2. The van der Waals surface area contributed by atoms with Crippen LogP contribution in [0.5, 0.6) is 5.75 Å². The van der Waals surface area contributed by atoms with Gasteiger partial charge in [-0.3, -0.25) is 0 Å². The molecule has 0 radical (unpaired) electrons. The van der Waals surface area contributed by atoms with Crippen molar-refractivity contribution in [3.8, 4) is 5.75 Å². The number of carboxylic acids is 1.